The van der Waals surface area contributed by atoms with Crippen LogP contribution in [0.2, 0.25) is 0 Å². The Balaban J connectivity index is 0.974. The Morgan fingerprint density at radius 3 is 1.36 bits per heavy atom. The molecule has 7 heterocycles. The molecule has 0 fully saturated rings. The maximum atomic E-state index is 7.24. The summed E-state index contributed by atoms with van der Waals surface area (Å²) < 4.78 is 14.8. The molecule has 0 unspecified atom stereocenters. The first-order chi connectivity index (χ1) is 45.2. The van der Waals surface area contributed by atoms with Crippen LogP contribution in [-0.2, 0) is 0 Å². The van der Waals surface area contributed by atoms with Gasteiger partial charge in [0.25, 0.3) is 6.71 Å². The van der Waals surface area contributed by atoms with Crippen molar-refractivity contribution in [3.8, 4) is 33.6 Å². The second-order valence-corrected chi connectivity index (χ2v) is 24.7. The van der Waals surface area contributed by atoms with Crippen LogP contribution in [-0.4, -0.2) is 20.2 Å². The highest BCUT2D eigenvalue weighted by Crippen LogP contribution is 2.54. The summed E-state index contributed by atoms with van der Waals surface area (Å²) in [6.07, 6.45) is 0. The lowest BCUT2D eigenvalue weighted by Gasteiger charge is -2.45. The molecule has 0 N–H and O–H groups in total. The fourth-order valence-corrected chi connectivity index (χ4v) is 16.5. The highest BCUT2D eigenvalue weighted by molar-refractivity contribution is 7.00. The van der Waals surface area contributed by atoms with Crippen molar-refractivity contribution in [2.75, 3.05) is 9.80 Å². The van der Waals surface area contributed by atoms with Gasteiger partial charge >= 0.3 is 0 Å². The third-order valence-electron chi connectivity index (χ3n) is 20.1. The molecule has 6 nitrogen and oxygen atoms in total. The van der Waals surface area contributed by atoms with E-state index in [-0.39, 0.29) is 6.71 Å². The molecule has 0 aliphatic carbocycles. The van der Waals surface area contributed by atoms with Crippen LogP contribution in [0.5, 0.6) is 0 Å². The van der Waals surface area contributed by atoms with Gasteiger partial charge in [-0.2, -0.15) is 0 Å². The lowest BCUT2D eigenvalue weighted by molar-refractivity contribution is 0.669. The minimum atomic E-state index is -0.248. The van der Waals surface area contributed by atoms with Crippen LogP contribution in [0.25, 0.3) is 137 Å². The number of benzene rings is 14. The molecule has 0 radical (unpaired) electrons. The van der Waals surface area contributed by atoms with Gasteiger partial charge in [0.15, 0.2) is 5.58 Å². The Hall–Kier alpha value is -12.1. The van der Waals surface area contributed by atoms with Gasteiger partial charge in [0.05, 0.1) is 55.7 Å². The number of rotatable bonds is 6. The molecular formula is C84H50BN5O. The van der Waals surface area contributed by atoms with Gasteiger partial charge in [-0.15, -0.1) is 0 Å². The van der Waals surface area contributed by atoms with Gasteiger partial charge in [-0.1, -0.05) is 231 Å². The zero-order chi connectivity index (χ0) is 59.2. The van der Waals surface area contributed by atoms with Gasteiger partial charge in [-0.25, -0.2) is 0 Å². The molecule has 0 saturated heterocycles. The van der Waals surface area contributed by atoms with Crippen LogP contribution in [0.15, 0.2) is 308 Å². The van der Waals surface area contributed by atoms with Crippen LogP contribution in [0.4, 0.5) is 34.1 Å². The molecule has 21 rings (SSSR count). The van der Waals surface area contributed by atoms with Crippen LogP contribution in [0.1, 0.15) is 0 Å². The van der Waals surface area contributed by atoms with E-state index in [2.05, 4.69) is 327 Å². The zero-order valence-corrected chi connectivity index (χ0v) is 49.1. The molecule has 5 aromatic heterocycles. The quantitative estimate of drug-likeness (QED) is 0.156. The average Bonchev–Trinajstić information content (AvgIpc) is 1.67. The minimum Gasteiger partial charge on any atom is -0.454 e. The summed E-state index contributed by atoms with van der Waals surface area (Å²) in [6.45, 7) is -0.248. The first-order valence-electron chi connectivity index (χ1n) is 31.4. The molecule has 0 bridgehead atoms. The minimum absolute atomic E-state index is 0.248. The summed E-state index contributed by atoms with van der Waals surface area (Å²) in [7, 11) is 0. The second-order valence-electron chi connectivity index (χ2n) is 24.7. The molecule has 2 aliphatic heterocycles. The van der Waals surface area contributed by atoms with E-state index in [1.165, 1.54) is 76.0 Å². The maximum absolute atomic E-state index is 7.24. The molecule has 91 heavy (non-hydrogen) atoms. The molecule has 0 saturated carbocycles. The number of furan rings is 1. The first kappa shape index (κ1) is 49.0. The van der Waals surface area contributed by atoms with Crippen molar-refractivity contribution in [3.63, 3.8) is 0 Å². The van der Waals surface area contributed by atoms with Gasteiger partial charge in [-0.05, 0) is 100 Å². The predicted octanol–water partition coefficient (Wildman–Crippen LogP) is 20.3. The van der Waals surface area contributed by atoms with E-state index in [0.29, 0.717) is 0 Å². The Labute approximate surface area is 522 Å². The Morgan fingerprint density at radius 1 is 0.275 bits per heavy atom. The third kappa shape index (κ3) is 6.60. The van der Waals surface area contributed by atoms with Crippen molar-refractivity contribution in [1.29, 1.82) is 0 Å². The Kier molecular flexibility index (Phi) is 9.83. The summed E-state index contributed by atoms with van der Waals surface area (Å²) in [6, 6.07) is 113. The number of hydrogen-bond acceptors (Lipinski definition) is 3. The average molecular weight is 1160 g/mol. The fraction of sp³-hybridized carbons (Fsp3) is 0. The summed E-state index contributed by atoms with van der Waals surface area (Å²) in [4.78, 5) is 5.25. The zero-order valence-electron chi connectivity index (χ0n) is 49.1. The van der Waals surface area contributed by atoms with E-state index < -0.39 is 0 Å². The van der Waals surface area contributed by atoms with Gasteiger partial charge in [0.2, 0.25) is 0 Å². The van der Waals surface area contributed by atoms with Crippen LogP contribution in [0.3, 0.4) is 0 Å². The molecule has 14 aromatic carbocycles. The molecular weight excluding hydrogens is 1110 g/mol. The number of para-hydroxylation sites is 9. The summed E-state index contributed by atoms with van der Waals surface area (Å²) >= 11 is 0. The number of fused-ring (bicyclic) bond motifs is 19. The van der Waals surface area contributed by atoms with Crippen LogP contribution >= 0.6 is 0 Å². The SMILES string of the molecule is c1ccc(-c2cccc(-c3ccccc3)c2N2c3cc(-n4c5ccccc5c5ccccc54)ccc3B3c4cc5c6cccc7c8ccccc8n(c5cc4N(c4cccc5c4oc4ccccc45)c4cc(-n5c8ccccc8c8ccccc85)cc2c43)c76)cc1. The summed E-state index contributed by atoms with van der Waals surface area (Å²) in [5.41, 5.74) is 26.7. The monoisotopic (exact) mass is 1160 g/mol. The van der Waals surface area contributed by atoms with E-state index in [0.717, 1.165) is 112 Å². The normalized spacial score (nSPS) is 13.0. The maximum Gasteiger partial charge on any atom is 0.252 e. The molecule has 0 spiro atoms. The van der Waals surface area contributed by atoms with Crippen molar-refractivity contribution < 1.29 is 4.42 Å². The van der Waals surface area contributed by atoms with Crippen molar-refractivity contribution in [3.05, 3.63) is 303 Å². The van der Waals surface area contributed by atoms with Gasteiger partial charge in [0.1, 0.15) is 5.58 Å². The van der Waals surface area contributed by atoms with Crippen LogP contribution < -0.4 is 26.2 Å². The molecule has 2 aliphatic rings. The van der Waals surface area contributed by atoms with E-state index >= 15 is 0 Å². The number of aromatic nitrogens is 3. The van der Waals surface area contributed by atoms with Crippen molar-refractivity contribution in [2.45, 2.75) is 0 Å². The summed E-state index contributed by atoms with van der Waals surface area (Å²) in [5.74, 6) is 0. The van der Waals surface area contributed by atoms with E-state index in [4.69, 9.17) is 4.42 Å². The van der Waals surface area contributed by atoms with E-state index in [9.17, 15) is 0 Å². The van der Waals surface area contributed by atoms with Gasteiger partial charge < -0.3 is 27.8 Å². The van der Waals surface area contributed by atoms with E-state index in [1.807, 2.05) is 0 Å². The Bertz CT molecular complexity index is 6140. The standard InChI is InChI=1S/C84H50BN5O/c1-3-22-51(23-4-1)55-32-19-33-56(52-24-5-2-6-25-52)82(55)90-76-46-53(86-69-37-13-7-26-57(69)58-27-8-14-38-70(58)86)44-45-67(76)85-68-49-66-64-35-20-34-63-61-30-11-17-41-73(61)89(83(63)64)75(66)50-77(68)88(74-42-21-36-65-62-31-12-18-43-80(62)91-84(65)74)78-47-54(48-79(90)81(78)85)87-71-39-15-9-28-59(71)60-29-10-16-40-72(60)87/h1-50H. The predicted molar refractivity (Wildman–Crippen MR) is 382 cm³/mol. The lowest BCUT2D eigenvalue weighted by atomic mass is 9.33. The third-order valence-corrected chi connectivity index (χ3v) is 20.1. The number of anilines is 6. The van der Waals surface area contributed by atoms with Gasteiger partial charge in [0, 0.05) is 93.4 Å². The van der Waals surface area contributed by atoms with Crippen LogP contribution in [0, 0.1) is 0 Å². The number of hydrogen-bond donors (Lipinski definition) is 0. The molecule has 19 aromatic rings. The largest absolute Gasteiger partial charge is 0.454 e. The molecule has 7 heteroatoms. The van der Waals surface area contributed by atoms with Gasteiger partial charge in [-0.3, -0.25) is 0 Å². The summed E-state index contributed by atoms with van der Waals surface area (Å²) in [5, 5.41) is 12.0. The highest BCUT2D eigenvalue weighted by Gasteiger charge is 2.46. The van der Waals surface area contributed by atoms with Crippen molar-refractivity contribution in [1.82, 2.24) is 13.5 Å². The highest BCUT2D eigenvalue weighted by atomic mass is 16.3. The fourth-order valence-electron chi connectivity index (χ4n) is 16.5. The topological polar surface area (TPSA) is 33.9 Å². The first-order valence-corrected chi connectivity index (χ1v) is 31.4. The molecule has 420 valence electrons. The smallest absolute Gasteiger partial charge is 0.252 e. The Morgan fingerprint density at radius 2 is 0.736 bits per heavy atom. The van der Waals surface area contributed by atoms with E-state index in [1.54, 1.807) is 0 Å². The number of nitrogens with zero attached hydrogens (tertiary/aromatic N) is 5. The lowest BCUT2D eigenvalue weighted by Crippen LogP contribution is -2.61. The van der Waals surface area contributed by atoms with Crippen molar-refractivity contribution in [2.24, 2.45) is 0 Å². The molecule has 0 amide bonds. The second kappa shape index (κ2) is 18.3. The molecule has 0 atom stereocenters. The van der Waals surface area contributed by atoms with Crippen molar-refractivity contribution >= 4 is 161 Å².